The highest BCUT2D eigenvalue weighted by atomic mass is 32.2. The van der Waals surface area contributed by atoms with Gasteiger partial charge in [-0.2, -0.15) is 0 Å². The van der Waals surface area contributed by atoms with Crippen LogP contribution in [-0.2, 0) is 14.6 Å². The normalized spacial score (nSPS) is 13.1. The van der Waals surface area contributed by atoms with Crippen molar-refractivity contribution in [3.05, 3.63) is 42.5 Å². The van der Waals surface area contributed by atoms with Crippen molar-refractivity contribution in [3.63, 3.8) is 0 Å². The van der Waals surface area contributed by atoms with Crippen LogP contribution >= 0.6 is 11.3 Å². The molecule has 0 atom stereocenters. The zero-order valence-electron chi connectivity index (χ0n) is 17.3. The molecule has 2 aromatic carbocycles. The number of rotatable bonds is 8. The third-order valence-corrected chi connectivity index (χ3v) is 7.63. The molecule has 0 saturated carbocycles. The Morgan fingerprint density at radius 3 is 2.52 bits per heavy atom. The zero-order chi connectivity index (χ0) is 22.0. The molecule has 1 aromatic heterocycles. The van der Waals surface area contributed by atoms with E-state index in [0.717, 1.165) is 4.70 Å². The van der Waals surface area contributed by atoms with Crippen LogP contribution in [0.15, 0.2) is 47.4 Å². The number of carbonyl (C=O) groups excluding carboxylic acids is 1. The van der Waals surface area contributed by atoms with Crippen LogP contribution in [0.1, 0.15) is 6.42 Å². The summed E-state index contributed by atoms with van der Waals surface area (Å²) < 4.78 is 36.9. The number of thiazole rings is 1. The van der Waals surface area contributed by atoms with E-state index in [1.54, 1.807) is 41.3 Å². The Bertz CT molecular complexity index is 1150. The molecule has 0 aliphatic carbocycles. The molecule has 1 aliphatic heterocycles. The summed E-state index contributed by atoms with van der Waals surface area (Å²) in [5, 5.41) is 0.530. The smallest absolute Gasteiger partial charge is 0.231 e. The molecule has 31 heavy (non-hydrogen) atoms. The third kappa shape index (κ3) is 4.81. The van der Waals surface area contributed by atoms with Crippen molar-refractivity contribution < 1.29 is 22.7 Å². The fourth-order valence-electron chi connectivity index (χ4n) is 3.15. The zero-order valence-corrected chi connectivity index (χ0v) is 18.9. The molecule has 8 nitrogen and oxygen atoms in total. The lowest BCUT2D eigenvalue weighted by molar-refractivity contribution is -0.118. The topological polar surface area (TPSA) is 89.0 Å². The second-order valence-electron chi connectivity index (χ2n) is 7.40. The Morgan fingerprint density at radius 1 is 1.10 bits per heavy atom. The van der Waals surface area contributed by atoms with Crippen LogP contribution in [0.2, 0.25) is 0 Å². The molecule has 4 rings (SSSR count). The number of anilines is 1. The number of fused-ring (bicyclic) bond motifs is 2. The fourth-order valence-corrected chi connectivity index (χ4v) is 5.42. The van der Waals surface area contributed by atoms with Crippen molar-refractivity contribution in [3.8, 4) is 11.5 Å². The summed E-state index contributed by atoms with van der Waals surface area (Å²) in [6.45, 7) is 1.21. The Labute approximate surface area is 184 Å². The molecule has 0 radical (unpaired) electrons. The summed E-state index contributed by atoms with van der Waals surface area (Å²) in [6, 6.07) is 11.8. The standard InChI is InChI=1S/C21H23N3O5S2/c1-23(2)9-10-24(20(25)8-11-31(26,27)15-6-4-3-5-7-15)21-22-16-12-17-18(29-14-28-17)13-19(16)30-21/h3-7,12-13H,8-11,14H2,1-2H3. The van der Waals surface area contributed by atoms with E-state index in [1.807, 2.05) is 25.1 Å². The lowest BCUT2D eigenvalue weighted by Gasteiger charge is -2.22. The molecule has 0 unspecified atom stereocenters. The minimum absolute atomic E-state index is 0.122. The fraction of sp³-hybridized carbons (Fsp3) is 0.333. The molecule has 0 bridgehead atoms. The number of aromatic nitrogens is 1. The summed E-state index contributed by atoms with van der Waals surface area (Å²) >= 11 is 1.37. The number of carbonyl (C=O) groups is 1. The summed E-state index contributed by atoms with van der Waals surface area (Å²) in [5.41, 5.74) is 0.712. The molecule has 10 heteroatoms. The Morgan fingerprint density at radius 2 is 1.81 bits per heavy atom. The van der Waals surface area contributed by atoms with E-state index in [9.17, 15) is 13.2 Å². The Kier molecular flexibility index (Phi) is 6.12. The number of benzene rings is 2. The number of amides is 1. The van der Waals surface area contributed by atoms with Crippen molar-refractivity contribution in [2.24, 2.45) is 0 Å². The van der Waals surface area contributed by atoms with E-state index in [4.69, 9.17) is 9.47 Å². The maximum Gasteiger partial charge on any atom is 0.231 e. The van der Waals surface area contributed by atoms with Crippen LogP contribution in [-0.4, -0.2) is 63.9 Å². The van der Waals surface area contributed by atoms with Crippen molar-refractivity contribution in [2.45, 2.75) is 11.3 Å². The largest absolute Gasteiger partial charge is 0.454 e. The summed E-state index contributed by atoms with van der Waals surface area (Å²) in [7, 11) is 0.292. The quantitative estimate of drug-likeness (QED) is 0.510. The average molecular weight is 462 g/mol. The first kappa shape index (κ1) is 21.5. The first-order valence-electron chi connectivity index (χ1n) is 9.76. The summed E-state index contributed by atoms with van der Waals surface area (Å²) in [4.78, 5) is 21.4. The SMILES string of the molecule is CN(C)CCN(C(=O)CCS(=O)(=O)c1ccccc1)c1nc2cc3c(cc2s1)OCO3. The van der Waals surface area contributed by atoms with E-state index < -0.39 is 9.84 Å². The van der Waals surface area contributed by atoms with Gasteiger partial charge in [-0.05, 0) is 26.2 Å². The molecule has 0 N–H and O–H groups in total. The highest BCUT2D eigenvalue weighted by Crippen LogP contribution is 2.39. The number of hydrogen-bond acceptors (Lipinski definition) is 8. The van der Waals surface area contributed by atoms with E-state index in [-0.39, 0.29) is 29.8 Å². The number of ether oxygens (including phenoxy) is 2. The minimum Gasteiger partial charge on any atom is -0.454 e. The number of likely N-dealkylation sites (N-methyl/N-ethyl adjacent to an activating group) is 1. The highest BCUT2D eigenvalue weighted by molar-refractivity contribution is 7.91. The Hall–Kier alpha value is -2.69. The van der Waals surface area contributed by atoms with Crippen molar-refractivity contribution in [1.82, 2.24) is 9.88 Å². The van der Waals surface area contributed by atoms with Crippen molar-refractivity contribution in [2.75, 3.05) is 44.6 Å². The Balaban J connectivity index is 1.56. The minimum atomic E-state index is -3.54. The van der Waals surface area contributed by atoms with Crippen molar-refractivity contribution in [1.29, 1.82) is 0 Å². The monoisotopic (exact) mass is 461 g/mol. The highest BCUT2D eigenvalue weighted by Gasteiger charge is 2.24. The van der Waals surface area contributed by atoms with Gasteiger partial charge in [0.25, 0.3) is 0 Å². The number of nitrogens with zero attached hydrogens (tertiary/aromatic N) is 3. The van der Waals surface area contributed by atoms with Gasteiger partial charge in [0.2, 0.25) is 12.7 Å². The van der Waals surface area contributed by atoms with Crippen LogP contribution in [0.3, 0.4) is 0 Å². The molecule has 0 spiro atoms. The van der Waals surface area contributed by atoms with Crippen LogP contribution in [0.4, 0.5) is 5.13 Å². The molecule has 1 aliphatic rings. The first-order chi connectivity index (χ1) is 14.8. The number of hydrogen-bond donors (Lipinski definition) is 0. The maximum atomic E-state index is 13.1. The number of sulfone groups is 1. The molecular formula is C21H23N3O5S2. The van der Waals surface area contributed by atoms with Gasteiger partial charge in [0.15, 0.2) is 26.5 Å². The molecule has 164 valence electrons. The van der Waals surface area contributed by atoms with E-state index in [2.05, 4.69) is 4.98 Å². The van der Waals surface area contributed by atoms with Crippen LogP contribution in [0.5, 0.6) is 11.5 Å². The van der Waals surface area contributed by atoms with Gasteiger partial charge in [-0.15, -0.1) is 0 Å². The van der Waals surface area contributed by atoms with E-state index in [0.29, 0.717) is 35.2 Å². The van der Waals surface area contributed by atoms with Crippen LogP contribution in [0, 0.1) is 0 Å². The first-order valence-corrected chi connectivity index (χ1v) is 12.2. The molecule has 1 amide bonds. The van der Waals surface area contributed by atoms with Gasteiger partial charge >= 0.3 is 0 Å². The van der Waals surface area contributed by atoms with Gasteiger partial charge in [-0.25, -0.2) is 13.4 Å². The molecular weight excluding hydrogens is 438 g/mol. The molecule has 0 fully saturated rings. The molecule has 3 aromatic rings. The van der Waals surface area contributed by atoms with Gasteiger partial charge in [-0.1, -0.05) is 29.5 Å². The van der Waals surface area contributed by atoms with E-state index >= 15 is 0 Å². The van der Waals surface area contributed by atoms with Crippen molar-refractivity contribution >= 4 is 42.4 Å². The average Bonchev–Trinajstić information content (AvgIpc) is 3.36. The van der Waals surface area contributed by atoms with Gasteiger partial charge in [0.05, 0.1) is 20.9 Å². The lowest BCUT2D eigenvalue weighted by Crippen LogP contribution is -2.37. The van der Waals surface area contributed by atoms with E-state index in [1.165, 1.54) is 11.3 Å². The van der Waals surface area contributed by atoms with Gasteiger partial charge in [0, 0.05) is 31.6 Å². The van der Waals surface area contributed by atoms with Gasteiger partial charge < -0.3 is 14.4 Å². The predicted octanol–water partition coefficient (Wildman–Crippen LogP) is 2.78. The second-order valence-corrected chi connectivity index (χ2v) is 10.5. The van der Waals surface area contributed by atoms with Gasteiger partial charge in [0.1, 0.15) is 0 Å². The third-order valence-electron chi connectivity index (χ3n) is 4.86. The lowest BCUT2D eigenvalue weighted by atomic mass is 10.3. The molecule has 2 heterocycles. The predicted molar refractivity (Wildman–Crippen MR) is 120 cm³/mol. The summed E-state index contributed by atoms with van der Waals surface area (Å²) in [6.07, 6.45) is -0.122. The van der Waals surface area contributed by atoms with Crippen LogP contribution in [0.25, 0.3) is 10.2 Å². The second kappa shape index (κ2) is 8.81. The maximum absolute atomic E-state index is 13.1. The van der Waals surface area contributed by atoms with Crippen LogP contribution < -0.4 is 14.4 Å². The van der Waals surface area contributed by atoms with Gasteiger partial charge in [-0.3, -0.25) is 9.69 Å². The summed E-state index contributed by atoms with van der Waals surface area (Å²) in [5.74, 6) is 0.752. The molecule has 0 saturated heterocycles.